The first-order chi connectivity index (χ1) is 8.61. The number of alkyl halides is 2. The van der Waals surface area contributed by atoms with Crippen molar-refractivity contribution in [2.45, 2.75) is 19.1 Å². The molecule has 3 nitrogen and oxygen atoms in total. The van der Waals surface area contributed by atoms with E-state index in [0.717, 1.165) is 18.5 Å². The average Bonchev–Trinajstić information content (AvgIpc) is 2.70. The summed E-state index contributed by atoms with van der Waals surface area (Å²) in [5.74, 6) is 0.682. The van der Waals surface area contributed by atoms with Crippen molar-refractivity contribution in [2.24, 2.45) is 11.7 Å². The second-order valence-corrected chi connectivity index (χ2v) is 4.71. The molecule has 5 heteroatoms. The van der Waals surface area contributed by atoms with Gasteiger partial charge in [0.25, 0.3) is 0 Å². The lowest BCUT2D eigenvalue weighted by Crippen LogP contribution is -2.21. The van der Waals surface area contributed by atoms with E-state index in [0.29, 0.717) is 12.5 Å². The van der Waals surface area contributed by atoms with E-state index in [9.17, 15) is 8.78 Å². The molecule has 0 amide bonds. The maximum absolute atomic E-state index is 12.4. The highest BCUT2D eigenvalue weighted by Crippen LogP contribution is 2.38. The van der Waals surface area contributed by atoms with Crippen molar-refractivity contribution >= 4 is 0 Å². The fourth-order valence-corrected chi connectivity index (χ4v) is 2.60. The molecule has 2 unspecified atom stereocenters. The van der Waals surface area contributed by atoms with Gasteiger partial charge in [-0.3, -0.25) is 4.90 Å². The third-order valence-corrected chi connectivity index (χ3v) is 3.46. The molecule has 2 atom stereocenters. The zero-order chi connectivity index (χ0) is 13.1. The minimum atomic E-state index is -2.79. The van der Waals surface area contributed by atoms with Crippen LogP contribution < -0.4 is 10.5 Å². The van der Waals surface area contributed by atoms with E-state index in [2.05, 4.69) is 9.64 Å². The Labute approximate surface area is 106 Å². The molecule has 0 aliphatic carbocycles. The minimum absolute atomic E-state index is 0.105. The lowest BCUT2D eigenvalue weighted by atomic mass is 9.99. The van der Waals surface area contributed by atoms with Crippen molar-refractivity contribution in [1.29, 1.82) is 0 Å². The van der Waals surface area contributed by atoms with Crippen molar-refractivity contribution in [3.05, 3.63) is 29.8 Å². The van der Waals surface area contributed by atoms with Crippen LogP contribution in [0.2, 0.25) is 0 Å². The van der Waals surface area contributed by atoms with Crippen LogP contribution in [-0.2, 0) is 0 Å². The van der Waals surface area contributed by atoms with Crippen molar-refractivity contribution in [3.8, 4) is 5.75 Å². The molecule has 0 saturated carbocycles. The van der Waals surface area contributed by atoms with Gasteiger partial charge in [0.1, 0.15) is 5.75 Å². The van der Waals surface area contributed by atoms with Crippen LogP contribution in [0.15, 0.2) is 24.3 Å². The number of halogens is 2. The summed E-state index contributed by atoms with van der Waals surface area (Å²) in [6, 6.07) is 7.09. The van der Waals surface area contributed by atoms with Gasteiger partial charge in [-0.15, -0.1) is 0 Å². The highest BCUT2D eigenvalue weighted by molar-refractivity contribution is 5.36. The van der Waals surface area contributed by atoms with E-state index in [1.54, 1.807) is 12.1 Å². The Kier molecular flexibility index (Phi) is 4.14. The van der Waals surface area contributed by atoms with Gasteiger partial charge < -0.3 is 10.5 Å². The first-order valence-electron chi connectivity index (χ1n) is 6.06. The molecule has 2 N–H and O–H groups in total. The maximum Gasteiger partial charge on any atom is 0.387 e. The summed E-state index contributed by atoms with van der Waals surface area (Å²) in [6.07, 6.45) is 0.886. The first-order valence-corrected chi connectivity index (χ1v) is 6.06. The molecule has 18 heavy (non-hydrogen) atoms. The predicted octanol–water partition coefficient (Wildman–Crippen LogP) is 2.24. The standard InChI is InChI=1S/C13H18F2N2O/c1-17-8-9(7-16)6-11(17)10-4-2-3-5-12(10)18-13(14)15/h2-5,9,11,13H,6-8,16H2,1H3. The van der Waals surface area contributed by atoms with Crippen molar-refractivity contribution in [2.75, 3.05) is 20.1 Å². The molecule has 0 bridgehead atoms. The Morgan fingerprint density at radius 3 is 2.78 bits per heavy atom. The fraction of sp³-hybridized carbons (Fsp3) is 0.538. The van der Waals surface area contributed by atoms with Gasteiger partial charge in [0.2, 0.25) is 0 Å². The molecular formula is C13H18F2N2O. The van der Waals surface area contributed by atoms with E-state index in [1.807, 2.05) is 19.2 Å². The van der Waals surface area contributed by atoms with Gasteiger partial charge >= 0.3 is 6.61 Å². The van der Waals surface area contributed by atoms with Crippen LogP contribution in [0.5, 0.6) is 5.75 Å². The molecule has 1 aliphatic rings. The van der Waals surface area contributed by atoms with Crippen LogP contribution >= 0.6 is 0 Å². The van der Waals surface area contributed by atoms with Gasteiger partial charge in [-0.05, 0) is 32.0 Å². The summed E-state index contributed by atoms with van der Waals surface area (Å²) < 4.78 is 29.3. The van der Waals surface area contributed by atoms with Crippen molar-refractivity contribution in [3.63, 3.8) is 0 Å². The van der Waals surface area contributed by atoms with Crippen LogP contribution in [0.4, 0.5) is 8.78 Å². The molecule has 0 radical (unpaired) electrons. The van der Waals surface area contributed by atoms with Crippen LogP contribution in [0.1, 0.15) is 18.0 Å². The number of nitrogens with zero attached hydrogens (tertiary/aromatic N) is 1. The van der Waals surface area contributed by atoms with E-state index in [1.165, 1.54) is 0 Å². The van der Waals surface area contributed by atoms with Gasteiger partial charge in [-0.25, -0.2) is 0 Å². The third kappa shape index (κ3) is 2.79. The maximum atomic E-state index is 12.4. The predicted molar refractivity (Wildman–Crippen MR) is 65.6 cm³/mol. The molecule has 1 aromatic rings. The molecule has 0 aromatic heterocycles. The van der Waals surface area contributed by atoms with Crippen LogP contribution in [0.3, 0.4) is 0 Å². The molecule has 1 aromatic carbocycles. The number of para-hydroxylation sites is 1. The Hall–Kier alpha value is -1.20. The number of nitrogens with two attached hydrogens (primary N) is 1. The molecule has 1 aliphatic heterocycles. The summed E-state index contributed by atoms with van der Waals surface area (Å²) in [6.45, 7) is -1.27. The Bertz CT molecular complexity index is 400. The summed E-state index contributed by atoms with van der Waals surface area (Å²) in [5, 5.41) is 0. The van der Waals surface area contributed by atoms with E-state index >= 15 is 0 Å². The summed E-state index contributed by atoms with van der Waals surface area (Å²) in [4.78, 5) is 2.14. The third-order valence-electron chi connectivity index (χ3n) is 3.46. The topological polar surface area (TPSA) is 38.5 Å². The SMILES string of the molecule is CN1CC(CN)CC1c1ccccc1OC(F)F. The van der Waals surface area contributed by atoms with Gasteiger partial charge in [0.15, 0.2) is 0 Å². The molecule has 100 valence electrons. The smallest absolute Gasteiger partial charge is 0.387 e. The Morgan fingerprint density at radius 1 is 1.44 bits per heavy atom. The zero-order valence-electron chi connectivity index (χ0n) is 10.4. The minimum Gasteiger partial charge on any atom is -0.434 e. The monoisotopic (exact) mass is 256 g/mol. The zero-order valence-corrected chi connectivity index (χ0v) is 10.4. The second kappa shape index (κ2) is 5.63. The summed E-state index contributed by atoms with van der Waals surface area (Å²) >= 11 is 0. The van der Waals surface area contributed by atoms with Crippen LogP contribution in [0, 0.1) is 5.92 Å². The summed E-state index contributed by atoms with van der Waals surface area (Å²) in [5.41, 5.74) is 6.49. The van der Waals surface area contributed by atoms with Gasteiger partial charge in [-0.1, -0.05) is 18.2 Å². The Morgan fingerprint density at radius 2 is 2.17 bits per heavy atom. The van der Waals surface area contributed by atoms with Crippen molar-refractivity contribution < 1.29 is 13.5 Å². The molecule has 1 fully saturated rings. The van der Waals surface area contributed by atoms with Crippen molar-refractivity contribution in [1.82, 2.24) is 4.90 Å². The quantitative estimate of drug-likeness (QED) is 0.898. The molecular weight excluding hydrogens is 238 g/mol. The van der Waals surface area contributed by atoms with Gasteiger partial charge in [0.05, 0.1) is 0 Å². The summed E-state index contributed by atoms with van der Waals surface area (Å²) in [7, 11) is 1.99. The lowest BCUT2D eigenvalue weighted by molar-refractivity contribution is -0.0509. The van der Waals surface area contributed by atoms with Gasteiger partial charge in [0, 0.05) is 18.2 Å². The average molecular weight is 256 g/mol. The number of ether oxygens (including phenoxy) is 1. The fourth-order valence-electron chi connectivity index (χ4n) is 2.60. The van der Waals surface area contributed by atoms with E-state index in [-0.39, 0.29) is 11.8 Å². The molecule has 0 spiro atoms. The van der Waals surface area contributed by atoms with E-state index < -0.39 is 6.61 Å². The largest absolute Gasteiger partial charge is 0.434 e. The number of likely N-dealkylation sites (tertiary alicyclic amines) is 1. The molecule has 1 heterocycles. The van der Waals surface area contributed by atoms with Gasteiger partial charge in [-0.2, -0.15) is 8.78 Å². The first kappa shape index (κ1) is 13.2. The molecule has 1 saturated heterocycles. The second-order valence-electron chi connectivity index (χ2n) is 4.71. The molecule has 2 rings (SSSR count). The normalized spacial score (nSPS) is 24.7. The highest BCUT2D eigenvalue weighted by atomic mass is 19.3. The lowest BCUT2D eigenvalue weighted by Gasteiger charge is -2.22. The van der Waals surface area contributed by atoms with E-state index in [4.69, 9.17) is 5.73 Å². The number of hydrogen-bond donors (Lipinski definition) is 1. The number of hydrogen-bond acceptors (Lipinski definition) is 3. The highest BCUT2D eigenvalue weighted by Gasteiger charge is 2.31. The number of benzene rings is 1. The Balaban J connectivity index is 2.22. The number of rotatable bonds is 4. The van der Waals surface area contributed by atoms with Crippen LogP contribution in [-0.4, -0.2) is 31.6 Å². The van der Waals surface area contributed by atoms with Crippen LogP contribution in [0.25, 0.3) is 0 Å².